The van der Waals surface area contributed by atoms with Crippen LogP contribution in [0.25, 0.3) is 0 Å². The van der Waals surface area contributed by atoms with E-state index >= 15 is 0 Å². The van der Waals surface area contributed by atoms with Crippen molar-refractivity contribution in [1.29, 1.82) is 5.53 Å². The predicted molar refractivity (Wildman–Crippen MR) is 134 cm³/mol. The van der Waals surface area contributed by atoms with Gasteiger partial charge in [-0.15, -0.1) is 0 Å². The molecular formula is C26H43N3O5. The molecule has 0 aliphatic heterocycles. The molecule has 1 aromatic carbocycles. The number of hydrogen-bond donors (Lipinski definition) is 1. The van der Waals surface area contributed by atoms with Crippen molar-refractivity contribution in [1.82, 2.24) is 0 Å². The zero-order valence-corrected chi connectivity index (χ0v) is 21.4. The highest BCUT2D eigenvalue weighted by Crippen LogP contribution is 2.33. The van der Waals surface area contributed by atoms with Crippen LogP contribution in [0.5, 0.6) is 5.75 Å². The highest BCUT2D eigenvalue weighted by molar-refractivity contribution is 5.70. The van der Waals surface area contributed by atoms with Crippen molar-refractivity contribution in [2.75, 3.05) is 31.2 Å². The summed E-state index contributed by atoms with van der Waals surface area (Å²) in [7, 11) is 0. The molecule has 0 aromatic heterocycles. The summed E-state index contributed by atoms with van der Waals surface area (Å²) in [6.07, 6.45) is 7.62. The molecule has 0 fully saturated rings. The van der Waals surface area contributed by atoms with E-state index in [0.29, 0.717) is 63.4 Å². The van der Waals surface area contributed by atoms with Crippen LogP contribution in [0.2, 0.25) is 0 Å². The van der Waals surface area contributed by atoms with Gasteiger partial charge in [0.05, 0.1) is 19.3 Å². The van der Waals surface area contributed by atoms with Crippen molar-refractivity contribution >= 4 is 23.3 Å². The standard InChI is InChI=1S/C26H43N3O5/c1-5-8-9-10-13-21(4)34-24-20-22(16-17-23(24)28-27)29(18-11-14-25(30)32-6-2)19-12-15-26(31)33-7-3/h16-17,20-21,27H,5-15,18-19H2,1-4H3. The zero-order valence-electron chi connectivity index (χ0n) is 21.4. The van der Waals surface area contributed by atoms with E-state index < -0.39 is 0 Å². The third-order valence-corrected chi connectivity index (χ3v) is 5.45. The molecular weight excluding hydrogens is 434 g/mol. The van der Waals surface area contributed by atoms with Gasteiger partial charge >= 0.3 is 11.9 Å². The van der Waals surface area contributed by atoms with Crippen LogP contribution < -0.4 is 9.64 Å². The SMILES string of the molecule is CCCCCCC(C)Oc1cc(N(CCCC(=O)OCC)CCCC(=O)OCC)ccc1N=N. The molecule has 1 unspecified atom stereocenters. The summed E-state index contributed by atoms with van der Waals surface area (Å²) in [4.78, 5) is 25.7. The maximum Gasteiger partial charge on any atom is 0.305 e. The van der Waals surface area contributed by atoms with Gasteiger partial charge in [0.15, 0.2) is 0 Å². The van der Waals surface area contributed by atoms with Gasteiger partial charge in [0.2, 0.25) is 0 Å². The number of unbranched alkanes of at least 4 members (excludes halogenated alkanes) is 3. The number of rotatable bonds is 19. The fourth-order valence-electron chi connectivity index (χ4n) is 3.69. The summed E-state index contributed by atoms with van der Waals surface area (Å²) < 4.78 is 16.2. The Kier molecular flexibility index (Phi) is 15.4. The number of anilines is 1. The second-order valence-corrected chi connectivity index (χ2v) is 8.35. The summed E-state index contributed by atoms with van der Waals surface area (Å²) in [5, 5.41) is 3.63. The molecule has 0 saturated carbocycles. The molecule has 0 spiro atoms. The molecule has 8 nitrogen and oxygen atoms in total. The van der Waals surface area contributed by atoms with Gasteiger partial charge in [0.25, 0.3) is 0 Å². The Hall–Kier alpha value is -2.64. The molecule has 0 bridgehead atoms. The van der Waals surface area contributed by atoms with Crippen LogP contribution in [-0.2, 0) is 19.1 Å². The third-order valence-electron chi connectivity index (χ3n) is 5.45. The molecule has 0 amide bonds. The molecule has 0 heterocycles. The Morgan fingerprint density at radius 3 is 2.09 bits per heavy atom. The monoisotopic (exact) mass is 477 g/mol. The number of hydrogen-bond acceptors (Lipinski definition) is 8. The van der Waals surface area contributed by atoms with Gasteiger partial charge in [-0.2, -0.15) is 5.11 Å². The van der Waals surface area contributed by atoms with Crippen LogP contribution in [0.1, 0.15) is 85.5 Å². The van der Waals surface area contributed by atoms with Crippen LogP contribution in [0.3, 0.4) is 0 Å². The molecule has 1 N–H and O–H groups in total. The van der Waals surface area contributed by atoms with Gasteiger partial charge in [0, 0.05) is 37.7 Å². The number of nitrogens with one attached hydrogen (secondary N) is 1. The van der Waals surface area contributed by atoms with E-state index in [9.17, 15) is 9.59 Å². The highest BCUT2D eigenvalue weighted by atomic mass is 16.5. The van der Waals surface area contributed by atoms with Gasteiger partial charge < -0.3 is 19.1 Å². The average Bonchev–Trinajstić information content (AvgIpc) is 2.81. The Morgan fingerprint density at radius 1 is 0.941 bits per heavy atom. The first-order chi connectivity index (χ1) is 16.4. The topological polar surface area (TPSA) is 101 Å². The second kappa shape index (κ2) is 17.8. The smallest absolute Gasteiger partial charge is 0.305 e. The lowest BCUT2D eigenvalue weighted by atomic mass is 10.1. The largest absolute Gasteiger partial charge is 0.488 e. The average molecular weight is 478 g/mol. The molecule has 0 saturated heterocycles. The first kappa shape index (κ1) is 29.4. The summed E-state index contributed by atoms with van der Waals surface area (Å²) in [5.41, 5.74) is 8.92. The molecule has 1 atom stereocenters. The van der Waals surface area contributed by atoms with Crippen LogP contribution in [-0.4, -0.2) is 44.3 Å². The van der Waals surface area contributed by atoms with Gasteiger partial charge in [-0.1, -0.05) is 26.2 Å². The Balaban J connectivity index is 2.89. The lowest BCUT2D eigenvalue weighted by molar-refractivity contribution is -0.144. The van der Waals surface area contributed by atoms with Gasteiger partial charge in [-0.05, 0) is 58.6 Å². The summed E-state index contributed by atoms with van der Waals surface area (Å²) >= 11 is 0. The van der Waals surface area contributed by atoms with E-state index in [1.165, 1.54) is 19.3 Å². The Labute approximate surface area is 204 Å². The molecule has 34 heavy (non-hydrogen) atoms. The first-order valence-corrected chi connectivity index (χ1v) is 12.7. The van der Waals surface area contributed by atoms with Gasteiger partial charge in [-0.25, -0.2) is 5.53 Å². The molecule has 0 radical (unpaired) electrons. The van der Waals surface area contributed by atoms with Crippen molar-refractivity contribution < 1.29 is 23.8 Å². The van der Waals surface area contributed by atoms with E-state index in [1.807, 2.05) is 19.1 Å². The Bertz CT molecular complexity index is 717. The maximum absolute atomic E-state index is 11.8. The quantitative estimate of drug-likeness (QED) is 0.137. The fraction of sp³-hybridized carbons (Fsp3) is 0.692. The van der Waals surface area contributed by atoms with E-state index in [1.54, 1.807) is 19.9 Å². The molecule has 192 valence electrons. The predicted octanol–water partition coefficient (Wildman–Crippen LogP) is 6.58. The minimum atomic E-state index is -0.210. The summed E-state index contributed by atoms with van der Waals surface area (Å²) in [6, 6.07) is 5.59. The molecule has 0 aliphatic carbocycles. The van der Waals surface area contributed by atoms with Crippen molar-refractivity contribution in [3.63, 3.8) is 0 Å². The number of carbonyl (C=O) groups excluding carboxylic acids is 2. The van der Waals surface area contributed by atoms with Gasteiger partial charge in [-0.3, -0.25) is 9.59 Å². The number of esters is 2. The van der Waals surface area contributed by atoms with E-state index in [0.717, 1.165) is 18.5 Å². The van der Waals surface area contributed by atoms with Crippen LogP contribution in [0, 0.1) is 5.53 Å². The number of ether oxygens (including phenoxy) is 3. The number of benzene rings is 1. The lowest BCUT2D eigenvalue weighted by Crippen LogP contribution is -2.27. The van der Waals surface area contributed by atoms with Crippen molar-refractivity contribution in [2.45, 2.75) is 91.6 Å². The van der Waals surface area contributed by atoms with Crippen LogP contribution in [0.15, 0.2) is 23.3 Å². The lowest BCUT2D eigenvalue weighted by Gasteiger charge is -2.26. The maximum atomic E-state index is 11.8. The van der Waals surface area contributed by atoms with E-state index in [4.69, 9.17) is 19.7 Å². The first-order valence-electron chi connectivity index (χ1n) is 12.7. The normalized spacial score (nSPS) is 11.5. The van der Waals surface area contributed by atoms with E-state index in [-0.39, 0.29) is 18.0 Å². The van der Waals surface area contributed by atoms with E-state index in [2.05, 4.69) is 16.9 Å². The highest BCUT2D eigenvalue weighted by Gasteiger charge is 2.15. The van der Waals surface area contributed by atoms with Gasteiger partial charge in [0.1, 0.15) is 11.4 Å². The van der Waals surface area contributed by atoms with Crippen LogP contribution in [0.4, 0.5) is 11.4 Å². The van der Waals surface area contributed by atoms with Crippen molar-refractivity contribution in [2.24, 2.45) is 5.11 Å². The minimum absolute atomic E-state index is 0.0219. The Morgan fingerprint density at radius 2 is 1.56 bits per heavy atom. The number of carbonyl (C=O) groups is 2. The van der Waals surface area contributed by atoms with Crippen molar-refractivity contribution in [3.05, 3.63) is 18.2 Å². The molecule has 0 aliphatic rings. The van der Waals surface area contributed by atoms with Crippen LogP contribution >= 0.6 is 0 Å². The van der Waals surface area contributed by atoms with Crippen molar-refractivity contribution in [3.8, 4) is 5.75 Å². The third kappa shape index (κ3) is 12.0. The molecule has 1 rings (SSSR count). The minimum Gasteiger partial charge on any atom is -0.488 e. The second-order valence-electron chi connectivity index (χ2n) is 8.35. The molecule has 1 aromatic rings. The molecule has 8 heteroatoms. The summed E-state index contributed by atoms with van der Waals surface area (Å²) in [6.45, 7) is 9.84. The summed E-state index contributed by atoms with van der Waals surface area (Å²) in [5.74, 6) is 0.160. The number of nitrogens with zero attached hydrogens (tertiary/aromatic N) is 2. The zero-order chi connectivity index (χ0) is 25.2. The fourth-order valence-corrected chi connectivity index (χ4v) is 3.69.